The zero-order chi connectivity index (χ0) is 19.4. The van der Waals surface area contributed by atoms with Crippen LogP contribution in [0.4, 0.5) is 5.69 Å². The fourth-order valence-electron chi connectivity index (χ4n) is 2.97. The van der Waals surface area contributed by atoms with Gasteiger partial charge in [0.05, 0.1) is 29.3 Å². The van der Waals surface area contributed by atoms with Gasteiger partial charge < -0.3 is 20.1 Å². The van der Waals surface area contributed by atoms with E-state index in [1.165, 1.54) is 30.6 Å². The molecule has 2 N–H and O–H groups in total. The molecule has 0 saturated carbocycles. The number of nitro groups is 1. The second kappa shape index (κ2) is 11.1. The molecule has 1 aromatic heterocycles. The predicted octanol–water partition coefficient (Wildman–Crippen LogP) is 3.05. The molecule has 1 aliphatic heterocycles. The summed E-state index contributed by atoms with van der Waals surface area (Å²) in [6.45, 7) is 1.04. The molecule has 0 spiro atoms. The zero-order valence-corrected chi connectivity index (χ0v) is 18.1. The first-order chi connectivity index (χ1) is 13.0. The van der Waals surface area contributed by atoms with Crippen LogP contribution in [0.2, 0.25) is 0 Å². The smallest absolute Gasteiger partial charge is 0.286 e. The molecule has 1 atom stereocenters. The Morgan fingerprint density at radius 2 is 2.17 bits per heavy atom. The van der Waals surface area contributed by atoms with E-state index in [2.05, 4.69) is 4.98 Å². The number of likely N-dealkylation sites (tertiary alicyclic amines) is 1. The third kappa shape index (κ3) is 5.92. The maximum absolute atomic E-state index is 12.9. The van der Waals surface area contributed by atoms with Crippen LogP contribution < -0.4 is 15.2 Å². The van der Waals surface area contributed by atoms with E-state index in [9.17, 15) is 14.9 Å². The van der Waals surface area contributed by atoms with Crippen LogP contribution in [0.15, 0.2) is 23.0 Å². The molecule has 9 nitrogen and oxygen atoms in total. The van der Waals surface area contributed by atoms with Gasteiger partial charge in [-0.15, -0.1) is 36.2 Å². The fourth-order valence-corrected chi connectivity index (χ4v) is 3.51. The van der Waals surface area contributed by atoms with Crippen molar-refractivity contribution in [2.75, 3.05) is 20.2 Å². The van der Waals surface area contributed by atoms with E-state index >= 15 is 0 Å². The topological polar surface area (TPSA) is 121 Å². The van der Waals surface area contributed by atoms with Crippen LogP contribution in [0.3, 0.4) is 0 Å². The number of thiazole rings is 1. The summed E-state index contributed by atoms with van der Waals surface area (Å²) in [7, 11) is 1.42. The average molecular weight is 465 g/mol. The summed E-state index contributed by atoms with van der Waals surface area (Å²) < 4.78 is 10.9. The van der Waals surface area contributed by atoms with Crippen LogP contribution in [0.25, 0.3) is 0 Å². The number of halogens is 2. The van der Waals surface area contributed by atoms with E-state index in [0.29, 0.717) is 18.8 Å². The Bertz CT molecular complexity index is 837. The third-order valence-corrected chi connectivity index (χ3v) is 4.95. The van der Waals surface area contributed by atoms with Gasteiger partial charge in [-0.25, -0.2) is 4.98 Å². The Morgan fingerprint density at radius 3 is 2.76 bits per heavy atom. The number of carbonyl (C=O) groups is 1. The molecule has 1 saturated heterocycles. The number of piperidine rings is 1. The molecule has 1 aliphatic rings. The standard InChI is InChI=1S/C17H20N4O5S.2ClH/c1-25-15-5-13(17(22)20-4-2-3-11(18)7-20)14(21(23)24)6-16(15)26-8-12-9-27-10-19-12;;/h5-6,9-11H,2-4,7-8,18H2,1H3;2*1H. The number of hydrogen-bond acceptors (Lipinski definition) is 8. The highest BCUT2D eigenvalue weighted by Crippen LogP contribution is 2.36. The summed E-state index contributed by atoms with van der Waals surface area (Å²) >= 11 is 1.42. The van der Waals surface area contributed by atoms with Crippen LogP contribution in [0, 0.1) is 10.1 Å². The minimum absolute atomic E-state index is 0. The van der Waals surface area contributed by atoms with Gasteiger partial charge in [0.25, 0.3) is 11.6 Å². The van der Waals surface area contributed by atoms with Crippen LogP contribution in [0.1, 0.15) is 28.9 Å². The van der Waals surface area contributed by atoms with Gasteiger partial charge >= 0.3 is 0 Å². The molecule has 160 valence electrons. The summed E-state index contributed by atoms with van der Waals surface area (Å²) in [4.78, 5) is 29.5. The van der Waals surface area contributed by atoms with Crippen molar-refractivity contribution in [1.82, 2.24) is 9.88 Å². The Labute approximate surface area is 184 Å². The van der Waals surface area contributed by atoms with Crippen molar-refractivity contribution in [3.8, 4) is 11.5 Å². The SMILES string of the molecule is COc1cc(C(=O)N2CCCC(N)C2)c([N+](=O)[O-])cc1OCc1cscn1.Cl.Cl. The van der Waals surface area contributed by atoms with Gasteiger partial charge in [0.1, 0.15) is 12.2 Å². The largest absolute Gasteiger partial charge is 0.493 e. The van der Waals surface area contributed by atoms with E-state index in [1.807, 2.05) is 5.38 Å². The number of methoxy groups -OCH3 is 1. The normalized spacial score (nSPS) is 15.7. The Balaban J connectivity index is 0.00000210. The number of aromatic nitrogens is 1. The average Bonchev–Trinajstić information content (AvgIpc) is 3.18. The Morgan fingerprint density at radius 1 is 1.41 bits per heavy atom. The zero-order valence-electron chi connectivity index (χ0n) is 15.6. The van der Waals surface area contributed by atoms with Gasteiger partial charge in [0, 0.05) is 30.6 Å². The van der Waals surface area contributed by atoms with Crippen LogP contribution in [0.5, 0.6) is 11.5 Å². The van der Waals surface area contributed by atoms with E-state index < -0.39 is 10.8 Å². The molecule has 3 rings (SSSR count). The summed E-state index contributed by atoms with van der Waals surface area (Å²) in [6, 6.07) is 2.46. The minimum Gasteiger partial charge on any atom is -0.493 e. The molecule has 2 aromatic rings. The molecule has 29 heavy (non-hydrogen) atoms. The van der Waals surface area contributed by atoms with Crippen molar-refractivity contribution in [3.63, 3.8) is 0 Å². The van der Waals surface area contributed by atoms with E-state index in [4.69, 9.17) is 15.2 Å². The minimum atomic E-state index is -0.591. The van der Waals surface area contributed by atoms with Crippen molar-refractivity contribution in [3.05, 3.63) is 44.4 Å². The number of benzene rings is 1. The first-order valence-corrected chi connectivity index (χ1v) is 9.35. The lowest BCUT2D eigenvalue weighted by Gasteiger charge is -2.30. The monoisotopic (exact) mass is 464 g/mol. The van der Waals surface area contributed by atoms with Crippen molar-refractivity contribution in [2.45, 2.75) is 25.5 Å². The molecule has 1 aromatic carbocycles. The van der Waals surface area contributed by atoms with Crippen molar-refractivity contribution < 1.29 is 19.2 Å². The molecule has 1 fully saturated rings. The number of hydrogen-bond donors (Lipinski definition) is 1. The summed E-state index contributed by atoms with van der Waals surface area (Å²) in [5.41, 5.74) is 7.94. The Hall–Kier alpha value is -2.14. The lowest BCUT2D eigenvalue weighted by molar-refractivity contribution is -0.385. The van der Waals surface area contributed by atoms with Gasteiger partial charge in [-0.05, 0) is 12.8 Å². The van der Waals surface area contributed by atoms with Gasteiger partial charge in [-0.2, -0.15) is 0 Å². The van der Waals surface area contributed by atoms with Gasteiger partial charge in [0.15, 0.2) is 11.5 Å². The first kappa shape index (κ1) is 24.9. The van der Waals surface area contributed by atoms with Crippen molar-refractivity contribution in [1.29, 1.82) is 0 Å². The quantitative estimate of drug-likeness (QED) is 0.514. The van der Waals surface area contributed by atoms with Crippen LogP contribution >= 0.6 is 36.2 Å². The molecule has 1 amide bonds. The van der Waals surface area contributed by atoms with Gasteiger partial charge in [-0.3, -0.25) is 14.9 Å². The third-order valence-electron chi connectivity index (χ3n) is 4.31. The highest BCUT2D eigenvalue weighted by Gasteiger charge is 2.30. The summed E-state index contributed by atoms with van der Waals surface area (Å²) in [6.07, 6.45) is 1.60. The molecule has 12 heteroatoms. The molecular weight excluding hydrogens is 443 g/mol. The number of ether oxygens (including phenoxy) is 2. The molecule has 0 aliphatic carbocycles. The molecule has 0 bridgehead atoms. The number of nitrogens with zero attached hydrogens (tertiary/aromatic N) is 3. The van der Waals surface area contributed by atoms with E-state index in [0.717, 1.165) is 12.8 Å². The molecular formula is C17H22Cl2N4O5S. The molecule has 1 unspecified atom stereocenters. The van der Waals surface area contributed by atoms with E-state index in [1.54, 1.807) is 10.4 Å². The Kier molecular flexibility index (Phi) is 9.57. The number of amides is 1. The fraction of sp³-hybridized carbons (Fsp3) is 0.412. The lowest BCUT2D eigenvalue weighted by atomic mass is 10.0. The lowest BCUT2D eigenvalue weighted by Crippen LogP contribution is -2.45. The maximum Gasteiger partial charge on any atom is 0.286 e. The highest BCUT2D eigenvalue weighted by molar-refractivity contribution is 7.07. The van der Waals surface area contributed by atoms with Gasteiger partial charge in [0.2, 0.25) is 0 Å². The number of carbonyl (C=O) groups excluding carboxylic acids is 1. The number of nitrogens with two attached hydrogens (primary N) is 1. The maximum atomic E-state index is 12.9. The summed E-state index contributed by atoms with van der Waals surface area (Å²) in [5, 5.41) is 13.4. The highest BCUT2D eigenvalue weighted by atomic mass is 35.5. The molecule has 2 heterocycles. The van der Waals surface area contributed by atoms with Crippen molar-refractivity contribution >= 4 is 47.7 Å². The van der Waals surface area contributed by atoms with Crippen LogP contribution in [-0.4, -0.2) is 47.0 Å². The van der Waals surface area contributed by atoms with E-state index in [-0.39, 0.29) is 60.2 Å². The second-order valence-corrected chi connectivity index (χ2v) is 6.92. The first-order valence-electron chi connectivity index (χ1n) is 8.40. The number of rotatable bonds is 6. The van der Waals surface area contributed by atoms with Crippen LogP contribution in [-0.2, 0) is 6.61 Å². The predicted molar refractivity (Wildman–Crippen MR) is 114 cm³/mol. The second-order valence-electron chi connectivity index (χ2n) is 6.20. The number of nitro benzene ring substituents is 1. The molecule has 0 radical (unpaired) electrons. The van der Waals surface area contributed by atoms with Crippen molar-refractivity contribution in [2.24, 2.45) is 5.73 Å². The van der Waals surface area contributed by atoms with Gasteiger partial charge in [-0.1, -0.05) is 0 Å². The summed E-state index contributed by atoms with van der Waals surface area (Å²) in [5.74, 6) is 0.00536.